The van der Waals surface area contributed by atoms with Crippen molar-refractivity contribution in [2.45, 2.75) is 45.4 Å². The third-order valence-corrected chi connectivity index (χ3v) is 6.43. The van der Waals surface area contributed by atoms with Crippen LogP contribution in [-0.4, -0.2) is 28.2 Å². The standard InChI is InChI=1S/C28H29FN2O3/c1-18(21-7-10-23(29)11-8-21)13-20-5-4-6-24(26(32)14-20)28(33)22-9-12-25(27(15-22)34-3)31-16-19(2)30-17-31/h7-13,15-18,24H,4-6,14H2,1-3H3/b20-13+. The normalized spacial score (nSPS) is 18.5. The summed E-state index contributed by atoms with van der Waals surface area (Å²) in [7, 11) is 1.56. The van der Waals surface area contributed by atoms with Gasteiger partial charge in [0.15, 0.2) is 5.78 Å². The number of nitrogens with zero attached hydrogens (tertiary/aromatic N) is 2. The number of aryl methyl sites for hydroxylation is 1. The van der Waals surface area contributed by atoms with Crippen molar-refractivity contribution in [1.29, 1.82) is 0 Å². The number of carbonyl (C=O) groups excluding carboxylic acids is 2. The molecular formula is C28H29FN2O3. The zero-order chi connectivity index (χ0) is 24.2. The monoisotopic (exact) mass is 460 g/mol. The fraction of sp³-hybridized carbons (Fsp3) is 0.321. The Balaban J connectivity index is 1.51. The number of carbonyl (C=O) groups is 2. The van der Waals surface area contributed by atoms with Gasteiger partial charge >= 0.3 is 0 Å². The molecule has 176 valence electrons. The van der Waals surface area contributed by atoms with Crippen LogP contribution in [0.1, 0.15) is 60.1 Å². The molecule has 5 nitrogen and oxygen atoms in total. The molecule has 3 aromatic rings. The van der Waals surface area contributed by atoms with Crippen molar-refractivity contribution in [1.82, 2.24) is 9.55 Å². The van der Waals surface area contributed by atoms with Gasteiger partial charge in [-0.25, -0.2) is 9.37 Å². The Morgan fingerprint density at radius 3 is 2.68 bits per heavy atom. The van der Waals surface area contributed by atoms with Crippen molar-refractivity contribution in [3.8, 4) is 11.4 Å². The molecule has 2 atom stereocenters. The molecule has 0 bridgehead atoms. The van der Waals surface area contributed by atoms with E-state index in [1.54, 1.807) is 37.7 Å². The fourth-order valence-electron chi connectivity index (χ4n) is 4.56. The number of hydrogen-bond acceptors (Lipinski definition) is 4. The van der Waals surface area contributed by atoms with E-state index in [0.717, 1.165) is 35.4 Å². The Bertz CT molecular complexity index is 1230. The van der Waals surface area contributed by atoms with Gasteiger partial charge in [-0.15, -0.1) is 0 Å². The molecule has 4 rings (SSSR count). The molecule has 1 fully saturated rings. The summed E-state index contributed by atoms with van der Waals surface area (Å²) in [5.74, 6) is -0.507. The number of rotatable bonds is 6. The molecule has 0 radical (unpaired) electrons. The van der Waals surface area contributed by atoms with Gasteiger partial charge in [-0.3, -0.25) is 9.59 Å². The molecule has 0 aliphatic heterocycles. The van der Waals surface area contributed by atoms with Gasteiger partial charge in [-0.2, -0.15) is 0 Å². The van der Waals surface area contributed by atoms with Crippen LogP contribution in [0, 0.1) is 18.7 Å². The fourth-order valence-corrected chi connectivity index (χ4v) is 4.56. The number of aromatic nitrogens is 2. The lowest BCUT2D eigenvalue weighted by Gasteiger charge is -2.15. The van der Waals surface area contributed by atoms with Crippen LogP contribution in [0.4, 0.5) is 4.39 Å². The third-order valence-electron chi connectivity index (χ3n) is 6.43. The lowest BCUT2D eigenvalue weighted by Crippen LogP contribution is -2.23. The Kier molecular flexibility index (Phi) is 7.06. The molecule has 1 aromatic heterocycles. The topological polar surface area (TPSA) is 61.2 Å². The van der Waals surface area contributed by atoms with Crippen molar-refractivity contribution < 1.29 is 18.7 Å². The van der Waals surface area contributed by atoms with Gasteiger partial charge in [0, 0.05) is 18.2 Å². The molecule has 1 heterocycles. The van der Waals surface area contributed by atoms with E-state index in [4.69, 9.17) is 4.74 Å². The molecule has 2 unspecified atom stereocenters. The highest BCUT2D eigenvalue weighted by atomic mass is 19.1. The van der Waals surface area contributed by atoms with Crippen LogP contribution in [0.25, 0.3) is 5.69 Å². The lowest BCUT2D eigenvalue weighted by atomic mass is 9.89. The predicted molar refractivity (Wildman–Crippen MR) is 129 cm³/mol. The molecule has 0 N–H and O–H groups in total. The molecule has 1 saturated carbocycles. The van der Waals surface area contributed by atoms with Crippen molar-refractivity contribution in [2.75, 3.05) is 7.11 Å². The van der Waals surface area contributed by atoms with Gasteiger partial charge in [0.25, 0.3) is 0 Å². The Morgan fingerprint density at radius 1 is 1.24 bits per heavy atom. The van der Waals surface area contributed by atoms with Gasteiger partial charge in [-0.1, -0.05) is 30.7 Å². The Morgan fingerprint density at radius 2 is 2.00 bits per heavy atom. The first kappa shape index (κ1) is 23.6. The smallest absolute Gasteiger partial charge is 0.173 e. The van der Waals surface area contributed by atoms with E-state index >= 15 is 0 Å². The zero-order valence-corrected chi connectivity index (χ0v) is 19.8. The van der Waals surface area contributed by atoms with E-state index in [1.807, 2.05) is 30.7 Å². The second-order valence-electron chi connectivity index (χ2n) is 8.93. The highest BCUT2D eigenvalue weighted by Gasteiger charge is 2.30. The average Bonchev–Trinajstić information content (AvgIpc) is 3.18. The SMILES string of the molecule is COc1cc(C(=O)C2CCC/C(=C\C(C)c3ccc(F)cc3)CC2=O)ccc1-n1cnc(C)c1. The van der Waals surface area contributed by atoms with E-state index in [9.17, 15) is 14.0 Å². The van der Waals surface area contributed by atoms with E-state index in [0.29, 0.717) is 17.7 Å². The lowest BCUT2D eigenvalue weighted by molar-refractivity contribution is -0.120. The highest BCUT2D eigenvalue weighted by Crippen LogP contribution is 2.31. The van der Waals surface area contributed by atoms with Crippen LogP contribution in [0.5, 0.6) is 5.75 Å². The van der Waals surface area contributed by atoms with Crippen molar-refractivity contribution in [3.05, 3.63) is 89.3 Å². The van der Waals surface area contributed by atoms with Gasteiger partial charge in [0.05, 0.1) is 30.7 Å². The van der Waals surface area contributed by atoms with Crippen molar-refractivity contribution in [2.24, 2.45) is 5.92 Å². The third kappa shape index (κ3) is 5.16. The van der Waals surface area contributed by atoms with Gasteiger partial charge in [-0.05, 0) is 68.0 Å². The van der Waals surface area contributed by atoms with Crippen LogP contribution >= 0.6 is 0 Å². The number of methoxy groups -OCH3 is 1. The Labute approximate surface area is 199 Å². The van der Waals surface area contributed by atoms with Gasteiger partial charge in [0.1, 0.15) is 17.3 Å². The number of benzene rings is 2. The van der Waals surface area contributed by atoms with E-state index < -0.39 is 5.92 Å². The summed E-state index contributed by atoms with van der Waals surface area (Å²) in [6, 6.07) is 11.7. The van der Waals surface area contributed by atoms with E-state index in [-0.39, 0.29) is 29.7 Å². The largest absolute Gasteiger partial charge is 0.495 e. The first-order valence-electron chi connectivity index (χ1n) is 11.6. The molecule has 0 spiro atoms. The van der Waals surface area contributed by atoms with Crippen LogP contribution in [0.2, 0.25) is 0 Å². The predicted octanol–water partition coefficient (Wildman–Crippen LogP) is 6.00. The average molecular weight is 461 g/mol. The number of ketones is 2. The minimum atomic E-state index is -0.655. The maximum Gasteiger partial charge on any atom is 0.173 e. The summed E-state index contributed by atoms with van der Waals surface area (Å²) in [5.41, 5.74) is 4.18. The molecule has 6 heteroatoms. The first-order valence-corrected chi connectivity index (χ1v) is 11.6. The molecular weight excluding hydrogens is 431 g/mol. The number of ether oxygens (including phenoxy) is 1. The maximum absolute atomic E-state index is 13.3. The van der Waals surface area contributed by atoms with Gasteiger partial charge in [0.2, 0.25) is 0 Å². The summed E-state index contributed by atoms with van der Waals surface area (Å²) in [6.07, 6.45) is 8.02. The second kappa shape index (κ2) is 10.2. The summed E-state index contributed by atoms with van der Waals surface area (Å²) < 4.78 is 20.6. The second-order valence-corrected chi connectivity index (χ2v) is 8.93. The maximum atomic E-state index is 13.3. The minimum Gasteiger partial charge on any atom is -0.495 e. The van der Waals surface area contributed by atoms with Crippen LogP contribution in [0.3, 0.4) is 0 Å². The number of halogens is 1. The minimum absolute atomic E-state index is 0.0478. The van der Waals surface area contributed by atoms with E-state index in [2.05, 4.69) is 11.1 Å². The molecule has 1 aliphatic carbocycles. The van der Waals surface area contributed by atoms with Crippen LogP contribution < -0.4 is 4.74 Å². The number of allylic oxidation sites excluding steroid dienone is 2. The van der Waals surface area contributed by atoms with Gasteiger partial charge < -0.3 is 9.30 Å². The molecule has 0 saturated heterocycles. The Hall–Kier alpha value is -3.54. The summed E-state index contributed by atoms with van der Waals surface area (Å²) in [6.45, 7) is 3.94. The summed E-state index contributed by atoms with van der Waals surface area (Å²) >= 11 is 0. The van der Waals surface area contributed by atoms with Crippen LogP contribution in [-0.2, 0) is 4.79 Å². The molecule has 0 amide bonds. The van der Waals surface area contributed by atoms with Crippen molar-refractivity contribution in [3.63, 3.8) is 0 Å². The highest BCUT2D eigenvalue weighted by molar-refractivity contribution is 6.11. The number of imidazole rings is 1. The molecule has 2 aromatic carbocycles. The number of Topliss-reactive ketones (excluding diaryl/α,β-unsaturated/α-hetero) is 2. The summed E-state index contributed by atoms with van der Waals surface area (Å²) in [5, 5.41) is 0. The number of hydrogen-bond donors (Lipinski definition) is 0. The van der Waals surface area contributed by atoms with E-state index in [1.165, 1.54) is 12.1 Å². The molecule has 34 heavy (non-hydrogen) atoms. The molecule has 1 aliphatic rings. The summed E-state index contributed by atoms with van der Waals surface area (Å²) in [4.78, 5) is 30.7. The zero-order valence-electron chi connectivity index (χ0n) is 19.8. The first-order chi connectivity index (χ1) is 16.4. The quantitative estimate of drug-likeness (QED) is 0.196. The van der Waals surface area contributed by atoms with Crippen LogP contribution in [0.15, 0.2) is 66.6 Å². The van der Waals surface area contributed by atoms with Crippen molar-refractivity contribution >= 4 is 11.6 Å².